The monoisotopic (exact) mass is 155 g/mol. The summed E-state index contributed by atoms with van der Waals surface area (Å²) in [7, 11) is 1.79. The molecule has 62 valence electrons. The lowest BCUT2D eigenvalue weighted by Gasteiger charge is -2.17. The molecule has 5 nitrogen and oxygen atoms in total. The molecule has 0 aromatic rings. The van der Waals surface area contributed by atoms with E-state index < -0.39 is 0 Å². The van der Waals surface area contributed by atoms with Crippen LogP contribution in [0.3, 0.4) is 0 Å². The standard InChI is InChI=1S/C6H13N5/c1-3-4-9-5(7)11-6(8-2)10-4/h4H,3H2,1-2H3,(H4,7,8,9,10,11). The molecule has 0 aliphatic carbocycles. The molecular weight excluding hydrogens is 142 g/mol. The third-order valence-corrected chi connectivity index (χ3v) is 1.41. The van der Waals surface area contributed by atoms with Crippen LogP contribution in [-0.2, 0) is 0 Å². The van der Waals surface area contributed by atoms with Crippen molar-refractivity contribution in [2.45, 2.75) is 19.5 Å². The average molecular weight is 155 g/mol. The first-order valence-corrected chi connectivity index (χ1v) is 3.62. The van der Waals surface area contributed by atoms with Gasteiger partial charge in [0.2, 0.25) is 0 Å². The number of hydrogen-bond donors (Lipinski definition) is 3. The summed E-state index contributed by atoms with van der Waals surface area (Å²) in [5.41, 5.74) is 5.48. The molecule has 5 heteroatoms. The van der Waals surface area contributed by atoms with Gasteiger partial charge in [0, 0.05) is 7.05 Å². The Morgan fingerprint density at radius 2 is 2.36 bits per heavy atom. The summed E-state index contributed by atoms with van der Waals surface area (Å²) in [4.78, 5) is 8.25. The van der Waals surface area contributed by atoms with E-state index in [1.54, 1.807) is 7.05 Å². The molecule has 1 aliphatic rings. The summed E-state index contributed by atoms with van der Waals surface area (Å²) in [5, 5.41) is 5.67. The first-order chi connectivity index (χ1) is 5.26. The van der Waals surface area contributed by atoms with E-state index in [9.17, 15) is 0 Å². The molecule has 0 saturated heterocycles. The van der Waals surface area contributed by atoms with Crippen molar-refractivity contribution in [1.82, 2.24) is 10.6 Å². The predicted octanol–water partition coefficient (Wildman–Crippen LogP) is -0.784. The highest BCUT2D eigenvalue weighted by Crippen LogP contribution is 2.01. The van der Waals surface area contributed by atoms with Crippen molar-refractivity contribution in [1.29, 1.82) is 0 Å². The van der Waals surface area contributed by atoms with E-state index >= 15 is 0 Å². The van der Waals surface area contributed by atoms with E-state index in [1.807, 2.05) is 6.92 Å². The molecule has 0 aromatic carbocycles. The normalized spacial score (nSPS) is 23.3. The van der Waals surface area contributed by atoms with Gasteiger partial charge in [-0.3, -0.25) is 5.32 Å². The Labute approximate surface area is 65.8 Å². The van der Waals surface area contributed by atoms with Gasteiger partial charge in [-0.05, 0) is 6.42 Å². The van der Waals surface area contributed by atoms with Gasteiger partial charge >= 0.3 is 0 Å². The second-order valence-corrected chi connectivity index (χ2v) is 2.26. The maximum atomic E-state index is 5.48. The zero-order valence-electron chi connectivity index (χ0n) is 6.76. The molecule has 1 rings (SSSR count). The third-order valence-electron chi connectivity index (χ3n) is 1.41. The van der Waals surface area contributed by atoms with Crippen molar-refractivity contribution in [2.75, 3.05) is 7.05 Å². The highest BCUT2D eigenvalue weighted by molar-refractivity contribution is 5.99. The topological polar surface area (TPSA) is 74.8 Å². The minimum absolute atomic E-state index is 0.0290. The van der Waals surface area contributed by atoms with Gasteiger partial charge in [0.25, 0.3) is 0 Å². The summed E-state index contributed by atoms with van der Waals surface area (Å²) in [6.45, 7) is 2.02. The van der Waals surface area contributed by atoms with E-state index in [0.717, 1.165) is 6.42 Å². The fourth-order valence-corrected chi connectivity index (χ4v) is 0.834. The number of nitrogens with two attached hydrogens (primary N) is 1. The quantitative estimate of drug-likeness (QED) is 0.465. The molecule has 0 radical (unpaired) electrons. The molecule has 1 unspecified atom stereocenters. The molecule has 1 heterocycles. The highest BCUT2D eigenvalue weighted by atomic mass is 15.3. The van der Waals surface area contributed by atoms with Crippen molar-refractivity contribution in [2.24, 2.45) is 15.7 Å². The summed E-state index contributed by atoms with van der Waals surface area (Å²) in [5.74, 6) is 1.11. The molecule has 0 bridgehead atoms. The minimum Gasteiger partial charge on any atom is -0.370 e. The number of guanidine groups is 2. The molecule has 4 N–H and O–H groups in total. The van der Waals surface area contributed by atoms with Crippen molar-refractivity contribution in [3.8, 4) is 0 Å². The maximum Gasteiger partial charge on any atom is 0.200 e. The Kier molecular flexibility index (Phi) is 2.30. The van der Waals surface area contributed by atoms with Gasteiger partial charge in [0.1, 0.15) is 6.17 Å². The molecule has 1 aliphatic heterocycles. The molecule has 0 spiro atoms. The fraction of sp³-hybridized carbons (Fsp3) is 0.667. The number of aliphatic imine (C=N–C) groups is 2. The van der Waals surface area contributed by atoms with E-state index in [-0.39, 0.29) is 6.17 Å². The van der Waals surface area contributed by atoms with E-state index in [0.29, 0.717) is 11.9 Å². The van der Waals surface area contributed by atoms with Gasteiger partial charge in [0.05, 0.1) is 0 Å². The molecule has 11 heavy (non-hydrogen) atoms. The minimum atomic E-state index is -0.0290. The lowest BCUT2D eigenvalue weighted by atomic mass is 10.4. The lowest BCUT2D eigenvalue weighted by molar-refractivity contribution is 0.663. The van der Waals surface area contributed by atoms with Gasteiger partial charge in [-0.15, -0.1) is 0 Å². The van der Waals surface area contributed by atoms with Crippen molar-refractivity contribution < 1.29 is 0 Å². The van der Waals surface area contributed by atoms with Crippen molar-refractivity contribution in [3.63, 3.8) is 0 Å². The van der Waals surface area contributed by atoms with Crippen LogP contribution < -0.4 is 16.4 Å². The number of nitrogens with zero attached hydrogens (tertiary/aromatic N) is 2. The van der Waals surface area contributed by atoms with E-state index in [4.69, 9.17) is 5.73 Å². The SMILES string of the molecule is CCC1N=C(N)NC(NC)=N1. The van der Waals surface area contributed by atoms with Crippen LogP contribution in [0.1, 0.15) is 13.3 Å². The van der Waals surface area contributed by atoms with E-state index in [2.05, 4.69) is 20.6 Å². The van der Waals surface area contributed by atoms with Gasteiger partial charge < -0.3 is 11.1 Å². The third kappa shape index (κ3) is 1.83. The Morgan fingerprint density at radius 3 is 2.91 bits per heavy atom. The van der Waals surface area contributed by atoms with Crippen LogP contribution in [0.5, 0.6) is 0 Å². The molecule has 0 saturated carbocycles. The van der Waals surface area contributed by atoms with Gasteiger partial charge in [0.15, 0.2) is 11.9 Å². The largest absolute Gasteiger partial charge is 0.370 e. The molecular formula is C6H13N5. The number of hydrogen-bond acceptors (Lipinski definition) is 5. The van der Waals surface area contributed by atoms with Crippen molar-refractivity contribution >= 4 is 11.9 Å². The average Bonchev–Trinajstić information content (AvgIpc) is 2.03. The zero-order valence-corrected chi connectivity index (χ0v) is 6.76. The summed E-state index contributed by atoms with van der Waals surface area (Å²) >= 11 is 0. The first kappa shape index (κ1) is 7.84. The Balaban J connectivity index is 2.66. The van der Waals surface area contributed by atoms with Crippen LogP contribution in [0.25, 0.3) is 0 Å². The second-order valence-electron chi connectivity index (χ2n) is 2.26. The van der Waals surface area contributed by atoms with Crippen LogP contribution in [0.4, 0.5) is 0 Å². The molecule has 0 fully saturated rings. The van der Waals surface area contributed by atoms with E-state index in [1.165, 1.54) is 0 Å². The Bertz CT molecular complexity index is 195. The molecule has 0 amide bonds. The van der Waals surface area contributed by atoms with Crippen LogP contribution in [0.15, 0.2) is 9.98 Å². The number of nitrogens with one attached hydrogen (secondary N) is 2. The van der Waals surface area contributed by atoms with Gasteiger partial charge in [-0.25, -0.2) is 9.98 Å². The maximum absolute atomic E-state index is 5.48. The summed E-state index contributed by atoms with van der Waals surface area (Å²) in [6, 6.07) is 0. The summed E-state index contributed by atoms with van der Waals surface area (Å²) < 4.78 is 0. The molecule has 0 aromatic heterocycles. The number of rotatable bonds is 1. The van der Waals surface area contributed by atoms with Crippen LogP contribution in [0.2, 0.25) is 0 Å². The van der Waals surface area contributed by atoms with Gasteiger partial charge in [-0.2, -0.15) is 0 Å². The highest BCUT2D eigenvalue weighted by Gasteiger charge is 2.10. The van der Waals surface area contributed by atoms with Crippen molar-refractivity contribution in [3.05, 3.63) is 0 Å². The molecule has 1 atom stereocenters. The fourth-order valence-electron chi connectivity index (χ4n) is 0.834. The van der Waals surface area contributed by atoms with Crippen LogP contribution >= 0.6 is 0 Å². The lowest BCUT2D eigenvalue weighted by Crippen LogP contribution is -2.47. The second kappa shape index (κ2) is 3.23. The Morgan fingerprint density at radius 1 is 1.64 bits per heavy atom. The predicted molar refractivity (Wildman–Crippen MR) is 45.3 cm³/mol. The zero-order chi connectivity index (χ0) is 8.27. The summed E-state index contributed by atoms with van der Waals surface area (Å²) in [6.07, 6.45) is 0.840. The Hall–Kier alpha value is -1.26. The first-order valence-electron chi connectivity index (χ1n) is 3.62. The van der Waals surface area contributed by atoms with Crippen LogP contribution in [-0.4, -0.2) is 25.1 Å². The van der Waals surface area contributed by atoms with Gasteiger partial charge in [-0.1, -0.05) is 6.92 Å². The van der Waals surface area contributed by atoms with Crippen LogP contribution in [0, 0.1) is 0 Å². The smallest absolute Gasteiger partial charge is 0.200 e.